The zero-order valence-corrected chi connectivity index (χ0v) is 17.2. The van der Waals surface area contributed by atoms with Crippen LogP contribution in [0.3, 0.4) is 0 Å². The van der Waals surface area contributed by atoms with Gasteiger partial charge in [0, 0.05) is 23.5 Å². The first kappa shape index (κ1) is 20.2. The average Bonchev–Trinajstić information content (AvgIpc) is 3.19. The number of carbonyl (C=O) groups is 2. The van der Waals surface area contributed by atoms with Crippen LogP contribution < -0.4 is 5.32 Å². The van der Waals surface area contributed by atoms with Crippen LogP contribution in [0.25, 0.3) is 5.82 Å². The Hall–Kier alpha value is -2.57. The smallest absolute Gasteiger partial charge is 0.340 e. The summed E-state index contributed by atoms with van der Waals surface area (Å²) in [5, 5.41) is 7.03. The number of aryl methyl sites for hydroxylation is 2. The first-order valence-corrected chi connectivity index (χ1v) is 9.87. The summed E-state index contributed by atoms with van der Waals surface area (Å²) in [6, 6.07) is 3.69. The first-order valence-electron chi connectivity index (χ1n) is 9.87. The summed E-state index contributed by atoms with van der Waals surface area (Å²) in [6.07, 6.45) is 3.29. The van der Waals surface area contributed by atoms with E-state index in [4.69, 9.17) is 9.26 Å². The predicted molar refractivity (Wildman–Crippen MR) is 104 cm³/mol. The van der Waals surface area contributed by atoms with Gasteiger partial charge in [-0.15, -0.1) is 0 Å². The van der Waals surface area contributed by atoms with Crippen LogP contribution in [-0.4, -0.2) is 34.2 Å². The van der Waals surface area contributed by atoms with Gasteiger partial charge in [-0.1, -0.05) is 31.8 Å². The van der Waals surface area contributed by atoms with E-state index < -0.39 is 5.97 Å². The van der Waals surface area contributed by atoms with Crippen molar-refractivity contribution in [3.05, 3.63) is 34.8 Å². The third-order valence-corrected chi connectivity index (χ3v) is 5.88. The van der Waals surface area contributed by atoms with E-state index in [1.807, 2.05) is 25.3 Å². The number of amides is 1. The quantitative estimate of drug-likeness (QED) is 0.794. The molecule has 3 rings (SSSR count). The molecule has 0 aromatic carbocycles. The van der Waals surface area contributed by atoms with Gasteiger partial charge in [0.1, 0.15) is 5.76 Å². The highest BCUT2D eigenvalue weighted by molar-refractivity contribution is 5.93. The van der Waals surface area contributed by atoms with Crippen molar-refractivity contribution < 1.29 is 18.8 Å². The maximum atomic E-state index is 12.5. The normalized spacial score (nSPS) is 22.1. The van der Waals surface area contributed by atoms with Gasteiger partial charge in [-0.3, -0.25) is 9.36 Å². The van der Waals surface area contributed by atoms with Crippen molar-refractivity contribution in [1.29, 1.82) is 0 Å². The molecule has 152 valence electrons. The van der Waals surface area contributed by atoms with Crippen LogP contribution in [0.15, 0.2) is 16.7 Å². The maximum absolute atomic E-state index is 12.5. The highest BCUT2D eigenvalue weighted by Crippen LogP contribution is 2.29. The topological polar surface area (TPSA) is 86.4 Å². The highest BCUT2D eigenvalue weighted by atomic mass is 16.5. The molecule has 2 aromatic heterocycles. The molecule has 2 heterocycles. The molecule has 0 spiro atoms. The van der Waals surface area contributed by atoms with E-state index in [9.17, 15) is 9.59 Å². The lowest BCUT2D eigenvalue weighted by Gasteiger charge is -2.34. The Morgan fingerprint density at radius 1 is 1.25 bits per heavy atom. The standard InChI is InChI=1S/C21H29N3O4/c1-12-7-6-8-18(15(12)4)22-20(25)11-27-21(26)17-9-13(2)24(16(17)5)19-10-14(3)28-23-19/h9-10,12,15,18H,6-8,11H2,1-5H3,(H,22,25). The summed E-state index contributed by atoms with van der Waals surface area (Å²) in [5.41, 5.74) is 1.96. The average molecular weight is 387 g/mol. The Morgan fingerprint density at radius 2 is 2.00 bits per heavy atom. The molecular weight excluding hydrogens is 358 g/mol. The van der Waals surface area contributed by atoms with E-state index in [0.29, 0.717) is 34.7 Å². The minimum absolute atomic E-state index is 0.149. The monoisotopic (exact) mass is 387 g/mol. The van der Waals surface area contributed by atoms with Crippen LogP contribution >= 0.6 is 0 Å². The van der Waals surface area contributed by atoms with Crippen LogP contribution in [0.1, 0.15) is 60.6 Å². The fourth-order valence-corrected chi connectivity index (χ4v) is 4.02. The van der Waals surface area contributed by atoms with E-state index in [1.54, 1.807) is 12.1 Å². The Balaban J connectivity index is 1.61. The van der Waals surface area contributed by atoms with Gasteiger partial charge in [0.05, 0.1) is 5.56 Å². The number of nitrogens with zero attached hydrogens (tertiary/aromatic N) is 2. The number of rotatable bonds is 5. The molecule has 1 amide bonds. The minimum Gasteiger partial charge on any atom is -0.452 e. The Morgan fingerprint density at radius 3 is 2.68 bits per heavy atom. The summed E-state index contributed by atoms with van der Waals surface area (Å²) in [4.78, 5) is 24.8. The van der Waals surface area contributed by atoms with Crippen molar-refractivity contribution in [1.82, 2.24) is 15.0 Å². The number of esters is 1. The van der Waals surface area contributed by atoms with Crippen molar-refractivity contribution >= 4 is 11.9 Å². The number of carbonyl (C=O) groups excluding carboxylic acids is 2. The second-order valence-corrected chi connectivity index (χ2v) is 7.93. The van der Waals surface area contributed by atoms with Crippen molar-refractivity contribution in [2.24, 2.45) is 11.8 Å². The molecule has 1 saturated carbocycles. The fourth-order valence-electron chi connectivity index (χ4n) is 4.02. The van der Waals surface area contributed by atoms with E-state index >= 15 is 0 Å². The van der Waals surface area contributed by atoms with Crippen LogP contribution in [0, 0.1) is 32.6 Å². The summed E-state index contributed by atoms with van der Waals surface area (Å²) in [6.45, 7) is 9.62. The zero-order valence-electron chi connectivity index (χ0n) is 17.2. The van der Waals surface area contributed by atoms with E-state index in [2.05, 4.69) is 24.3 Å². The van der Waals surface area contributed by atoms with Gasteiger partial charge in [0.25, 0.3) is 5.91 Å². The Kier molecular flexibility index (Phi) is 5.91. The van der Waals surface area contributed by atoms with Gasteiger partial charge in [-0.2, -0.15) is 0 Å². The number of nitrogens with one attached hydrogen (secondary N) is 1. The second kappa shape index (κ2) is 8.20. The number of hydrogen-bond acceptors (Lipinski definition) is 5. The van der Waals surface area contributed by atoms with Gasteiger partial charge in [0.15, 0.2) is 12.4 Å². The van der Waals surface area contributed by atoms with Crippen LogP contribution in [-0.2, 0) is 9.53 Å². The molecule has 7 heteroatoms. The van der Waals surface area contributed by atoms with Gasteiger partial charge >= 0.3 is 5.97 Å². The van der Waals surface area contributed by atoms with Crippen molar-refractivity contribution in [2.75, 3.05) is 6.61 Å². The van der Waals surface area contributed by atoms with E-state index in [-0.39, 0.29) is 18.6 Å². The lowest BCUT2D eigenvalue weighted by Crippen LogP contribution is -2.45. The van der Waals surface area contributed by atoms with E-state index in [0.717, 1.165) is 18.5 Å². The van der Waals surface area contributed by atoms with Crippen molar-refractivity contribution in [3.8, 4) is 5.82 Å². The molecule has 1 fully saturated rings. The lowest BCUT2D eigenvalue weighted by molar-refractivity contribution is -0.125. The molecule has 3 unspecified atom stereocenters. The Labute approximate surface area is 165 Å². The molecule has 0 aliphatic heterocycles. The second-order valence-electron chi connectivity index (χ2n) is 7.93. The van der Waals surface area contributed by atoms with Gasteiger partial charge in [-0.05, 0) is 45.1 Å². The molecule has 0 bridgehead atoms. The largest absolute Gasteiger partial charge is 0.452 e. The fraction of sp³-hybridized carbons (Fsp3) is 0.571. The molecule has 1 aliphatic rings. The third kappa shape index (κ3) is 4.13. The summed E-state index contributed by atoms with van der Waals surface area (Å²) in [5.74, 6) is 1.56. The lowest BCUT2D eigenvalue weighted by atomic mass is 9.78. The maximum Gasteiger partial charge on any atom is 0.340 e. The molecule has 1 aliphatic carbocycles. The van der Waals surface area contributed by atoms with Crippen LogP contribution in [0.4, 0.5) is 0 Å². The Bertz CT molecular complexity index is 867. The number of aromatic nitrogens is 2. The van der Waals surface area contributed by atoms with Crippen LogP contribution in [0.5, 0.6) is 0 Å². The molecule has 1 N–H and O–H groups in total. The minimum atomic E-state index is -0.514. The number of ether oxygens (including phenoxy) is 1. The van der Waals surface area contributed by atoms with Crippen molar-refractivity contribution in [3.63, 3.8) is 0 Å². The SMILES string of the molecule is Cc1cc(-n2c(C)cc(C(=O)OCC(=O)NC3CCCC(C)C3C)c2C)no1. The molecule has 0 saturated heterocycles. The molecule has 3 atom stereocenters. The van der Waals surface area contributed by atoms with Crippen LogP contribution in [0.2, 0.25) is 0 Å². The molecule has 28 heavy (non-hydrogen) atoms. The van der Waals surface area contributed by atoms with Gasteiger partial charge in [-0.25, -0.2) is 4.79 Å². The number of hydrogen-bond donors (Lipinski definition) is 1. The molecule has 0 radical (unpaired) electrons. The third-order valence-electron chi connectivity index (χ3n) is 5.88. The molecule has 2 aromatic rings. The highest BCUT2D eigenvalue weighted by Gasteiger charge is 2.28. The first-order chi connectivity index (χ1) is 13.3. The van der Waals surface area contributed by atoms with E-state index in [1.165, 1.54) is 6.42 Å². The van der Waals surface area contributed by atoms with Gasteiger partial charge < -0.3 is 14.6 Å². The summed E-state index contributed by atoms with van der Waals surface area (Å²) >= 11 is 0. The molecule has 7 nitrogen and oxygen atoms in total. The summed E-state index contributed by atoms with van der Waals surface area (Å²) < 4.78 is 12.2. The van der Waals surface area contributed by atoms with Gasteiger partial charge in [0.2, 0.25) is 0 Å². The van der Waals surface area contributed by atoms with Crippen molar-refractivity contribution in [2.45, 2.75) is 59.9 Å². The zero-order chi connectivity index (χ0) is 20.4. The molecular formula is C21H29N3O4. The summed E-state index contributed by atoms with van der Waals surface area (Å²) in [7, 11) is 0. The predicted octanol–water partition coefficient (Wildman–Crippen LogP) is 3.49.